The predicted octanol–water partition coefficient (Wildman–Crippen LogP) is 1.13. The molecule has 1 fully saturated rings. The monoisotopic (exact) mass is 470 g/mol. The highest BCUT2D eigenvalue weighted by Gasteiger charge is 2.66. The van der Waals surface area contributed by atoms with Crippen molar-refractivity contribution >= 4 is 73.9 Å². The van der Waals surface area contributed by atoms with E-state index in [0.29, 0.717) is 0 Å². The highest BCUT2D eigenvalue weighted by atomic mass is 32.1. The van der Waals surface area contributed by atoms with Gasteiger partial charge < -0.3 is 9.68 Å². The van der Waals surface area contributed by atoms with Gasteiger partial charge in [-0.1, -0.05) is 0 Å². The SMILES string of the molecule is CC[N+]1(OC(=O)CCS)C(=O)N(OC(=O)CCS)C(=O)N(OC(=O)CCS)C1=O. The first-order valence-corrected chi connectivity index (χ1v) is 10.2. The summed E-state index contributed by atoms with van der Waals surface area (Å²) >= 11 is 11.5. The van der Waals surface area contributed by atoms with Crippen LogP contribution < -0.4 is 0 Å². The molecule has 0 N–H and O–H groups in total. The molecule has 0 aromatic rings. The van der Waals surface area contributed by atoms with Crippen LogP contribution in [0.2, 0.25) is 0 Å². The highest BCUT2D eigenvalue weighted by Crippen LogP contribution is 2.26. The Hall–Kier alpha value is -1.97. The molecule has 0 bridgehead atoms. The van der Waals surface area contributed by atoms with Crippen molar-refractivity contribution in [3.05, 3.63) is 0 Å². The van der Waals surface area contributed by atoms with Gasteiger partial charge in [0.15, 0.2) is 0 Å². The predicted molar refractivity (Wildman–Crippen MR) is 104 cm³/mol. The summed E-state index contributed by atoms with van der Waals surface area (Å²) in [6.07, 6.45) is -0.825. The number of imide groups is 3. The third-order valence-electron chi connectivity index (χ3n) is 3.35. The van der Waals surface area contributed by atoms with Crippen molar-refractivity contribution in [3.63, 3.8) is 0 Å². The lowest BCUT2D eigenvalue weighted by Crippen LogP contribution is -2.73. The van der Waals surface area contributed by atoms with Crippen molar-refractivity contribution in [1.29, 1.82) is 0 Å². The summed E-state index contributed by atoms with van der Waals surface area (Å²) in [5.41, 5.74) is 0. The number of nitrogens with zero attached hydrogens (tertiary/aromatic N) is 3. The van der Waals surface area contributed by atoms with Crippen molar-refractivity contribution in [2.24, 2.45) is 0 Å². The molecule has 12 nitrogen and oxygen atoms in total. The maximum absolute atomic E-state index is 12.8. The molecule has 1 saturated heterocycles. The van der Waals surface area contributed by atoms with E-state index < -0.39 is 47.2 Å². The molecule has 0 aliphatic carbocycles. The quantitative estimate of drug-likeness (QED) is 0.317. The summed E-state index contributed by atoms with van der Waals surface area (Å²) in [5, 5.41) is -0.197. The second-order valence-electron chi connectivity index (χ2n) is 5.30. The number of carbonyl (C=O) groups is 6. The molecule has 0 unspecified atom stereocenters. The summed E-state index contributed by atoms with van der Waals surface area (Å²) < 4.78 is -1.74. The Labute approximate surface area is 182 Å². The Morgan fingerprint density at radius 2 is 1.17 bits per heavy atom. The van der Waals surface area contributed by atoms with Crippen LogP contribution in [0.4, 0.5) is 14.4 Å². The summed E-state index contributed by atoms with van der Waals surface area (Å²) in [5.74, 6) is -2.94. The summed E-state index contributed by atoms with van der Waals surface area (Å²) in [6, 6.07) is -4.50. The van der Waals surface area contributed by atoms with E-state index >= 15 is 0 Å². The number of carbonyl (C=O) groups excluding carboxylic acids is 6. The number of quaternary nitrogens is 1. The van der Waals surface area contributed by atoms with Crippen LogP contribution in [0.25, 0.3) is 0 Å². The number of rotatable bonds is 10. The fourth-order valence-electron chi connectivity index (χ4n) is 1.98. The molecular formula is C14H20N3O9S3+. The fraction of sp³-hybridized carbons (Fsp3) is 0.571. The number of amides is 6. The molecule has 0 aromatic heterocycles. The first-order chi connectivity index (χ1) is 13.7. The summed E-state index contributed by atoms with van der Waals surface area (Å²) in [7, 11) is 0. The molecule has 29 heavy (non-hydrogen) atoms. The standard InChI is InChI=1S/C14H19N3O9S3/c1-2-17(26-11(20)5-8-29)13(22)15(24-9(18)3-6-27)12(21)16(14(17)23)25-10(19)4-7-28/h2-8H2,1H3,(H2-,27,28,29)/p+1. The van der Waals surface area contributed by atoms with Crippen LogP contribution in [-0.4, -0.2) is 74.6 Å². The maximum atomic E-state index is 12.8. The topological polar surface area (TPSA) is 137 Å². The third-order valence-corrected chi connectivity index (χ3v) is 4.02. The largest absolute Gasteiger partial charge is 0.512 e. The number of urea groups is 3. The number of hydrogen-bond acceptors (Lipinski definition) is 12. The van der Waals surface area contributed by atoms with Crippen molar-refractivity contribution in [1.82, 2.24) is 10.1 Å². The van der Waals surface area contributed by atoms with E-state index in [-0.39, 0.29) is 46.6 Å². The van der Waals surface area contributed by atoms with Crippen molar-refractivity contribution in [3.8, 4) is 0 Å². The second-order valence-corrected chi connectivity index (χ2v) is 6.64. The molecule has 1 rings (SSSR count). The minimum atomic E-state index is -1.74. The molecular weight excluding hydrogens is 450 g/mol. The number of thiol groups is 3. The third kappa shape index (κ3) is 5.77. The first kappa shape index (κ1) is 25.1. The lowest BCUT2D eigenvalue weighted by Gasteiger charge is -2.37. The van der Waals surface area contributed by atoms with Gasteiger partial charge in [0.2, 0.25) is 0 Å². The van der Waals surface area contributed by atoms with E-state index in [4.69, 9.17) is 14.5 Å². The average Bonchev–Trinajstić information content (AvgIpc) is 2.66. The summed E-state index contributed by atoms with van der Waals surface area (Å²) in [4.78, 5) is 88.0. The van der Waals surface area contributed by atoms with Crippen molar-refractivity contribution < 1.29 is 47.9 Å². The van der Waals surface area contributed by atoms with Gasteiger partial charge in [-0.3, -0.25) is 4.84 Å². The smallest absolute Gasteiger partial charge is 0.324 e. The molecule has 0 atom stereocenters. The minimum absolute atomic E-state index is 0.0410. The van der Waals surface area contributed by atoms with Crippen LogP contribution in [0.15, 0.2) is 0 Å². The average molecular weight is 471 g/mol. The molecule has 162 valence electrons. The zero-order valence-electron chi connectivity index (χ0n) is 15.3. The Bertz CT molecular complexity index is 661. The van der Waals surface area contributed by atoms with E-state index in [1.165, 1.54) is 6.92 Å². The summed E-state index contributed by atoms with van der Waals surface area (Å²) in [6.45, 7) is 0.797. The van der Waals surface area contributed by atoms with Gasteiger partial charge in [-0.25, -0.2) is 19.2 Å². The van der Waals surface area contributed by atoms with Crippen LogP contribution >= 0.6 is 37.9 Å². The number of hydrogen-bond donors (Lipinski definition) is 3. The molecule has 1 heterocycles. The van der Waals surface area contributed by atoms with Gasteiger partial charge in [-0.2, -0.15) is 47.5 Å². The van der Waals surface area contributed by atoms with E-state index in [9.17, 15) is 28.8 Å². The van der Waals surface area contributed by atoms with Crippen LogP contribution in [0.1, 0.15) is 26.2 Å². The Kier molecular flexibility index (Phi) is 9.75. The Morgan fingerprint density at radius 3 is 1.52 bits per heavy atom. The van der Waals surface area contributed by atoms with E-state index in [1.54, 1.807) is 0 Å². The first-order valence-electron chi connectivity index (χ1n) is 8.26. The zero-order valence-corrected chi connectivity index (χ0v) is 18.0. The Morgan fingerprint density at radius 1 is 0.793 bits per heavy atom. The van der Waals surface area contributed by atoms with Gasteiger partial charge in [-0.15, -0.1) is 0 Å². The van der Waals surface area contributed by atoms with Crippen LogP contribution in [0.5, 0.6) is 0 Å². The van der Waals surface area contributed by atoms with Crippen LogP contribution in [-0.2, 0) is 28.9 Å². The van der Waals surface area contributed by atoms with Gasteiger partial charge in [0.05, 0.1) is 19.3 Å². The zero-order chi connectivity index (χ0) is 22.2. The molecule has 0 spiro atoms. The fourth-order valence-corrected chi connectivity index (χ4v) is 2.53. The van der Waals surface area contributed by atoms with Crippen molar-refractivity contribution in [2.45, 2.75) is 26.2 Å². The molecule has 1 aliphatic rings. The molecule has 0 aromatic carbocycles. The van der Waals surface area contributed by atoms with Gasteiger partial charge in [0.1, 0.15) is 6.54 Å². The van der Waals surface area contributed by atoms with Gasteiger partial charge in [0, 0.05) is 21.9 Å². The van der Waals surface area contributed by atoms with Crippen LogP contribution in [0, 0.1) is 0 Å². The molecule has 15 heteroatoms. The lowest BCUT2D eigenvalue weighted by molar-refractivity contribution is -0.963. The van der Waals surface area contributed by atoms with E-state index in [2.05, 4.69) is 37.9 Å². The van der Waals surface area contributed by atoms with Gasteiger partial charge in [-0.05, 0) is 17.1 Å². The van der Waals surface area contributed by atoms with E-state index in [1.807, 2.05) is 0 Å². The Balaban J connectivity index is 3.36. The lowest BCUT2D eigenvalue weighted by atomic mass is 10.4. The van der Waals surface area contributed by atoms with Crippen molar-refractivity contribution in [2.75, 3.05) is 23.8 Å². The second kappa shape index (κ2) is 11.3. The molecule has 6 amide bonds. The van der Waals surface area contributed by atoms with Gasteiger partial charge >= 0.3 is 36.0 Å². The highest BCUT2D eigenvalue weighted by molar-refractivity contribution is 7.80. The normalized spacial score (nSPS) is 15.9. The molecule has 0 radical (unpaired) electrons. The molecule has 1 aliphatic heterocycles. The minimum Gasteiger partial charge on any atom is -0.324 e. The van der Waals surface area contributed by atoms with E-state index in [0.717, 1.165) is 0 Å². The van der Waals surface area contributed by atoms with Gasteiger partial charge in [0.25, 0.3) is 0 Å². The number of hydroxylamine groups is 7. The maximum Gasteiger partial charge on any atom is 0.512 e. The van der Waals surface area contributed by atoms with Crippen LogP contribution in [0.3, 0.4) is 0 Å². The molecule has 0 saturated carbocycles.